The maximum Gasteiger partial charge on any atom is 0.0580 e. The van der Waals surface area contributed by atoms with Crippen LogP contribution in [0.15, 0.2) is 30.3 Å². The van der Waals surface area contributed by atoms with Crippen LogP contribution in [-0.4, -0.2) is 24.8 Å². The van der Waals surface area contributed by atoms with Crippen LogP contribution in [0.3, 0.4) is 0 Å². The summed E-state index contributed by atoms with van der Waals surface area (Å²) in [6.07, 6.45) is 0. The van der Waals surface area contributed by atoms with Crippen LogP contribution in [0.25, 0.3) is 0 Å². The van der Waals surface area contributed by atoms with Gasteiger partial charge in [-0.3, -0.25) is 0 Å². The summed E-state index contributed by atoms with van der Waals surface area (Å²) in [5.74, 6) is 6.13. The maximum absolute atomic E-state index is 9.05. The van der Waals surface area contributed by atoms with Crippen LogP contribution < -0.4 is 5.32 Å². The van der Waals surface area contributed by atoms with E-state index in [2.05, 4.69) is 17.2 Å². The van der Waals surface area contributed by atoms with Gasteiger partial charge in [-0.25, -0.2) is 0 Å². The van der Waals surface area contributed by atoms with Crippen LogP contribution in [0, 0.1) is 17.3 Å². The number of hydrogen-bond donors (Lipinski definition) is 2. The van der Waals surface area contributed by atoms with Gasteiger partial charge in [-0.05, 0) is 12.1 Å². The topological polar surface area (TPSA) is 32.3 Å². The summed E-state index contributed by atoms with van der Waals surface area (Å²) >= 11 is 0. The molecule has 1 rings (SSSR count). The van der Waals surface area contributed by atoms with Crippen molar-refractivity contribution in [2.75, 3.05) is 19.7 Å². The molecule has 0 aliphatic heterocycles. The van der Waals surface area contributed by atoms with E-state index in [1.165, 1.54) is 0 Å². The molecule has 2 nitrogen and oxygen atoms in total. The third kappa shape index (κ3) is 4.97. The Kier molecular flexibility index (Phi) is 5.04. The highest BCUT2D eigenvalue weighted by Crippen LogP contribution is 2.10. The number of hydrogen-bond acceptors (Lipinski definition) is 2. The minimum Gasteiger partial charge on any atom is -0.396 e. The lowest BCUT2D eigenvalue weighted by Crippen LogP contribution is -2.32. The van der Waals surface area contributed by atoms with Gasteiger partial charge in [-0.1, -0.05) is 43.9 Å². The first-order chi connectivity index (χ1) is 7.64. The Morgan fingerprint density at radius 2 is 1.94 bits per heavy atom. The van der Waals surface area contributed by atoms with Crippen molar-refractivity contribution in [1.29, 1.82) is 0 Å². The molecule has 16 heavy (non-hydrogen) atoms. The Bertz CT molecular complexity index is 359. The molecule has 0 fully saturated rings. The van der Waals surface area contributed by atoms with Gasteiger partial charge < -0.3 is 10.4 Å². The number of aliphatic hydroxyl groups is 1. The molecule has 1 aromatic carbocycles. The summed E-state index contributed by atoms with van der Waals surface area (Å²) in [6.45, 7) is 5.65. The largest absolute Gasteiger partial charge is 0.396 e. The van der Waals surface area contributed by atoms with Crippen LogP contribution in [0.1, 0.15) is 19.4 Å². The molecule has 0 aliphatic rings. The molecular weight excluding hydrogens is 198 g/mol. The van der Waals surface area contributed by atoms with Crippen LogP contribution >= 0.6 is 0 Å². The smallest absolute Gasteiger partial charge is 0.0580 e. The average molecular weight is 217 g/mol. The maximum atomic E-state index is 9.05. The van der Waals surface area contributed by atoms with Crippen molar-refractivity contribution >= 4 is 0 Å². The van der Waals surface area contributed by atoms with Gasteiger partial charge in [-0.2, -0.15) is 0 Å². The molecule has 2 heteroatoms. The molecule has 0 aromatic heterocycles. The van der Waals surface area contributed by atoms with Gasteiger partial charge in [0.05, 0.1) is 6.54 Å². The third-order valence-corrected chi connectivity index (χ3v) is 2.25. The Labute approximate surface area is 97.7 Å². The molecule has 0 bridgehead atoms. The summed E-state index contributed by atoms with van der Waals surface area (Å²) in [4.78, 5) is 0. The minimum absolute atomic E-state index is 0.0750. The number of aliphatic hydroxyl groups excluding tert-OH is 1. The lowest BCUT2D eigenvalue weighted by Gasteiger charge is -2.20. The van der Waals surface area contributed by atoms with Crippen LogP contribution in [0.5, 0.6) is 0 Å². The van der Waals surface area contributed by atoms with Crippen molar-refractivity contribution in [2.45, 2.75) is 13.8 Å². The second-order valence-electron chi connectivity index (χ2n) is 4.59. The lowest BCUT2D eigenvalue weighted by molar-refractivity contribution is 0.158. The zero-order valence-electron chi connectivity index (χ0n) is 9.96. The molecule has 0 heterocycles. The van der Waals surface area contributed by atoms with Crippen LogP contribution in [-0.2, 0) is 0 Å². The first-order valence-corrected chi connectivity index (χ1v) is 5.49. The van der Waals surface area contributed by atoms with Crippen molar-refractivity contribution in [1.82, 2.24) is 5.32 Å². The van der Waals surface area contributed by atoms with E-state index < -0.39 is 0 Å². The molecule has 0 saturated carbocycles. The fourth-order valence-electron chi connectivity index (χ4n) is 1.19. The van der Waals surface area contributed by atoms with Crippen LogP contribution in [0.4, 0.5) is 0 Å². The Hall–Kier alpha value is -1.30. The second kappa shape index (κ2) is 6.32. The van der Waals surface area contributed by atoms with Gasteiger partial charge in [-0.15, -0.1) is 0 Å². The summed E-state index contributed by atoms with van der Waals surface area (Å²) in [5, 5.41) is 12.3. The van der Waals surface area contributed by atoms with Gasteiger partial charge in [0, 0.05) is 24.1 Å². The molecular formula is C14H19NO. The molecule has 0 amide bonds. The molecule has 0 saturated heterocycles. The molecule has 0 radical (unpaired) electrons. The highest BCUT2D eigenvalue weighted by atomic mass is 16.3. The molecule has 2 N–H and O–H groups in total. The number of benzene rings is 1. The Balaban J connectivity index is 2.29. The normalized spacial score (nSPS) is 10.7. The highest BCUT2D eigenvalue weighted by molar-refractivity contribution is 5.33. The SMILES string of the molecule is CC(C)(CO)CNCC#Cc1ccccc1. The zero-order valence-corrected chi connectivity index (χ0v) is 9.96. The molecule has 0 atom stereocenters. The Morgan fingerprint density at radius 1 is 1.25 bits per heavy atom. The van der Waals surface area contributed by atoms with E-state index in [-0.39, 0.29) is 12.0 Å². The predicted octanol–water partition coefficient (Wildman–Crippen LogP) is 1.65. The standard InChI is InChI=1S/C14H19NO/c1-14(2,12-16)11-15-10-6-9-13-7-4-3-5-8-13/h3-5,7-8,15-16H,10-12H2,1-2H3. The molecule has 1 aromatic rings. The van der Waals surface area contributed by atoms with Gasteiger partial charge >= 0.3 is 0 Å². The van der Waals surface area contributed by atoms with Crippen molar-refractivity contribution in [3.63, 3.8) is 0 Å². The Morgan fingerprint density at radius 3 is 2.56 bits per heavy atom. The summed E-state index contributed by atoms with van der Waals surface area (Å²) in [6, 6.07) is 9.92. The van der Waals surface area contributed by atoms with E-state index in [1.807, 2.05) is 44.2 Å². The van der Waals surface area contributed by atoms with Gasteiger partial charge in [0.25, 0.3) is 0 Å². The number of nitrogens with one attached hydrogen (secondary N) is 1. The molecule has 86 valence electrons. The first kappa shape index (κ1) is 12.8. The molecule has 0 unspecified atom stereocenters. The highest BCUT2D eigenvalue weighted by Gasteiger charge is 2.14. The fourth-order valence-corrected chi connectivity index (χ4v) is 1.19. The van der Waals surface area contributed by atoms with Crippen molar-refractivity contribution in [3.8, 4) is 11.8 Å². The lowest BCUT2D eigenvalue weighted by atomic mass is 9.95. The van der Waals surface area contributed by atoms with E-state index in [0.29, 0.717) is 6.54 Å². The van der Waals surface area contributed by atoms with Crippen molar-refractivity contribution < 1.29 is 5.11 Å². The van der Waals surface area contributed by atoms with E-state index in [0.717, 1.165) is 12.1 Å². The van der Waals surface area contributed by atoms with E-state index in [9.17, 15) is 0 Å². The van der Waals surface area contributed by atoms with Gasteiger partial charge in [0.2, 0.25) is 0 Å². The summed E-state index contributed by atoms with van der Waals surface area (Å²) < 4.78 is 0. The van der Waals surface area contributed by atoms with Crippen LogP contribution in [0.2, 0.25) is 0 Å². The molecule has 0 spiro atoms. The third-order valence-electron chi connectivity index (χ3n) is 2.25. The summed E-state index contributed by atoms with van der Waals surface area (Å²) in [7, 11) is 0. The monoisotopic (exact) mass is 217 g/mol. The quantitative estimate of drug-likeness (QED) is 0.593. The van der Waals surface area contributed by atoms with Gasteiger partial charge in [0.1, 0.15) is 0 Å². The van der Waals surface area contributed by atoms with Gasteiger partial charge in [0.15, 0.2) is 0 Å². The van der Waals surface area contributed by atoms with E-state index >= 15 is 0 Å². The summed E-state index contributed by atoms with van der Waals surface area (Å²) in [5.41, 5.74) is 0.958. The van der Waals surface area contributed by atoms with Crippen molar-refractivity contribution in [2.24, 2.45) is 5.41 Å². The minimum atomic E-state index is -0.0750. The van der Waals surface area contributed by atoms with E-state index in [1.54, 1.807) is 0 Å². The van der Waals surface area contributed by atoms with Crippen molar-refractivity contribution in [3.05, 3.63) is 35.9 Å². The predicted molar refractivity (Wildman–Crippen MR) is 67.1 cm³/mol. The zero-order chi connectivity index (χ0) is 11.9. The first-order valence-electron chi connectivity index (χ1n) is 5.49. The second-order valence-corrected chi connectivity index (χ2v) is 4.59. The fraction of sp³-hybridized carbons (Fsp3) is 0.429. The number of rotatable bonds is 4. The molecule has 0 aliphatic carbocycles. The average Bonchev–Trinajstić information content (AvgIpc) is 2.30. The van der Waals surface area contributed by atoms with E-state index in [4.69, 9.17) is 5.11 Å².